The molecule has 0 spiro atoms. The molecule has 0 aliphatic rings. The van der Waals surface area contributed by atoms with Crippen molar-refractivity contribution in [2.45, 2.75) is 13.5 Å². The van der Waals surface area contributed by atoms with E-state index in [0.29, 0.717) is 28.2 Å². The molecule has 7 heteroatoms. The fraction of sp³-hybridized carbons (Fsp3) is 0.231. The van der Waals surface area contributed by atoms with E-state index in [1.807, 2.05) is 12.1 Å². The first-order valence-corrected chi connectivity index (χ1v) is 7.20. The van der Waals surface area contributed by atoms with Crippen LogP contribution in [0.4, 0.5) is 9.93 Å². The number of anilines is 1. The number of benzene rings is 1. The summed E-state index contributed by atoms with van der Waals surface area (Å²) in [7, 11) is 0. The molecule has 1 amide bonds. The minimum absolute atomic E-state index is 0.282. The van der Waals surface area contributed by atoms with E-state index in [9.17, 15) is 4.79 Å². The molecule has 2 aromatic rings. The highest BCUT2D eigenvalue weighted by Crippen LogP contribution is 2.24. The van der Waals surface area contributed by atoms with Gasteiger partial charge in [0.1, 0.15) is 12.4 Å². The first-order chi connectivity index (χ1) is 9.69. The van der Waals surface area contributed by atoms with Crippen LogP contribution in [0, 0.1) is 0 Å². The number of carbonyl (C=O) groups is 1. The fourth-order valence-electron chi connectivity index (χ4n) is 1.40. The lowest BCUT2D eigenvalue weighted by Gasteiger charge is -2.05. The Bertz CT molecular complexity index is 589. The Morgan fingerprint density at radius 3 is 3.00 bits per heavy atom. The maximum absolute atomic E-state index is 11.2. The summed E-state index contributed by atoms with van der Waals surface area (Å²) < 4.78 is 10.3. The normalized spacial score (nSPS) is 10.1. The maximum atomic E-state index is 11.2. The summed E-state index contributed by atoms with van der Waals surface area (Å²) in [6, 6.07) is 7.22. The van der Waals surface area contributed by atoms with Gasteiger partial charge in [0.05, 0.1) is 17.3 Å². The Hall–Kier alpha value is -1.79. The second kappa shape index (κ2) is 7.12. The Kier molecular flexibility index (Phi) is 5.20. The Morgan fingerprint density at radius 1 is 1.45 bits per heavy atom. The lowest BCUT2D eigenvalue weighted by Crippen LogP contribution is -2.13. The van der Waals surface area contributed by atoms with Gasteiger partial charge in [-0.2, -0.15) is 0 Å². The number of hydrogen-bond donors (Lipinski definition) is 1. The molecule has 0 aliphatic carbocycles. The number of nitrogens with one attached hydrogen (secondary N) is 1. The van der Waals surface area contributed by atoms with Gasteiger partial charge in [0.25, 0.3) is 0 Å². The standard InChI is InChI=1S/C13H13ClN2O3S/c1-2-18-13(17)16-12-15-9(8-20-12)7-19-11-6-4-3-5-10(11)14/h3-6,8H,2,7H2,1H3,(H,15,16,17). The molecule has 1 aromatic heterocycles. The van der Waals surface area contributed by atoms with E-state index >= 15 is 0 Å². The Morgan fingerprint density at radius 2 is 2.25 bits per heavy atom. The zero-order valence-corrected chi connectivity index (χ0v) is 12.3. The summed E-state index contributed by atoms with van der Waals surface area (Å²) in [5.41, 5.74) is 0.710. The average molecular weight is 313 g/mol. The van der Waals surface area contributed by atoms with Crippen LogP contribution in [0.2, 0.25) is 5.02 Å². The van der Waals surface area contributed by atoms with Gasteiger partial charge in [-0.25, -0.2) is 9.78 Å². The van der Waals surface area contributed by atoms with Crippen molar-refractivity contribution in [3.63, 3.8) is 0 Å². The van der Waals surface area contributed by atoms with Crippen molar-refractivity contribution in [3.8, 4) is 5.75 Å². The Balaban J connectivity index is 1.90. The number of amides is 1. The van der Waals surface area contributed by atoms with E-state index in [-0.39, 0.29) is 6.61 Å². The van der Waals surface area contributed by atoms with Gasteiger partial charge in [0.2, 0.25) is 0 Å². The fourth-order valence-corrected chi connectivity index (χ4v) is 2.27. The van der Waals surface area contributed by atoms with E-state index < -0.39 is 6.09 Å². The molecule has 0 atom stereocenters. The van der Waals surface area contributed by atoms with Crippen molar-refractivity contribution >= 4 is 34.2 Å². The van der Waals surface area contributed by atoms with Gasteiger partial charge in [0, 0.05) is 5.38 Å². The predicted molar refractivity (Wildman–Crippen MR) is 78.5 cm³/mol. The van der Waals surface area contributed by atoms with Gasteiger partial charge in [-0.3, -0.25) is 5.32 Å². The molecule has 0 aliphatic heterocycles. The summed E-state index contributed by atoms with van der Waals surface area (Å²) >= 11 is 7.29. The van der Waals surface area contributed by atoms with Crippen molar-refractivity contribution in [2.24, 2.45) is 0 Å². The SMILES string of the molecule is CCOC(=O)Nc1nc(COc2ccccc2Cl)cs1. The number of thiazole rings is 1. The van der Waals surface area contributed by atoms with Crippen LogP contribution in [0.5, 0.6) is 5.75 Å². The van der Waals surface area contributed by atoms with Crippen molar-refractivity contribution in [3.05, 3.63) is 40.4 Å². The van der Waals surface area contributed by atoms with Crippen LogP contribution >= 0.6 is 22.9 Å². The minimum Gasteiger partial charge on any atom is -0.486 e. The molecule has 0 saturated heterocycles. The molecule has 1 N–H and O–H groups in total. The molecule has 1 aromatic carbocycles. The zero-order valence-electron chi connectivity index (χ0n) is 10.8. The third-order valence-electron chi connectivity index (χ3n) is 2.25. The summed E-state index contributed by atoms with van der Waals surface area (Å²) in [6.07, 6.45) is -0.513. The van der Waals surface area contributed by atoms with Gasteiger partial charge in [-0.1, -0.05) is 23.7 Å². The lowest BCUT2D eigenvalue weighted by atomic mass is 10.3. The number of carbonyl (C=O) groups excluding carboxylic acids is 1. The molecule has 0 bridgehead atoms. The molecule has 0 radical (unpaired) electrons. The lowest BCUT2D eigenvalue weighted by molar-refractivity contribution is 0.168. The molecule has 2 rings (SSSR count). The second-order valence-electron chi connectivity index (χ2n) is 3.71. The van der Waals surface area contributed by atoms with E-state index in [2.05, 4.69) is 10.3 Å². The van der Waals surface area contributed by atoms with Crippen LogP contribution in [0.25, 0.3) is 0 Å². The van der Waals surface area contributed by atoms with Gasteiger partial charge in [-0.15, -0.1) is 11.3 Å². The highest BCUT2D eigenvalue weighted by atomic mass is 35.5. The van der Waals surface area contributed by atoms with E-state index in [1.54, 1.807) is 24.4 Å². The summed E-state index contributed by atoms with van der Waals surface area (Å²) in [6.45, 7) is 2.34. The second-order valence-corrected chi connectivity index (χ2v) is 4.97. The quantitative estimate of drug-likeness (QED) is 0.908. The summed E-state index contributed by atoms with van der Waals surface area (Å²) in [5, 5.41) is 5.36. The third-order valence-corrected chi connectivity index (χ3v) is 3.37. The summed E-state index contributed by atoms with van der Waals surface area (Å²) in [4.78, 5) is 15.4. The van der Waals surface area contributed by atoms with Gasteiger partial charge in [0.15, 0.2) is 5.13 Å². The maximum Gasteiger partial charge on any atom is 0.413 e. The Labute approximate surface area is 125 Å². The van der Waals surface area contributed by atoms with Gasteiger partial charge >= 0.3 is 6.09 Å². The van der Waals surface area contributed by atoms with Crippen molar-refractivity contribution in [1.82, 2.24) is 4.98 Å². The van der Waals surface area contributed by atoms with Crippen LogP contribution in [-0.4, -0.2) is 17.7 Å². The van der Waals surface area contributed by atoms with Crippen molar-refractivity contribution in [1.29, 1.82) is 0 Å². The van der Waals surface area contributed by atoms with Gasteiger partial charge < -0.3 is 9.47 Å². The molecule has 0 saturated carbocycles. The highest BCUT2D eigenvalue weighted by molar-refractivity contribution is 7.13. The van der Waals surface area contributed by atoms with Crippen LogP contribution in [-0.2, 0) is 11.3 Å². The monoisotopic (exact) mass is 312 g/mol. The predicted octanol–water partition coefficient (Wildman–Crippen LogP) is 3.94. The first kappa shape index (κ1) is 14.6. The first-order valence-electron chi connectivity index (χ1n) is 5.94. The molecule has 0 fully saturated rings. The largest absolute Gasteiger partial charge is 0.486 e. The number of halogens is 1. The summed E-state index contributed by atoms with van der Waals surface area (Å²) in [5.74, 6) is 0.599. The number of aromatic nitrogens is 1. The number of nitrogens with zero attached hydrogens (tertiary/aromatic N) is 1. The molecule has 20 heavy (non-hydrogen) atoms. The molecular formula is C13H13ClN2O3S. The van der Waals surface area contributed by atoms with E-state index in [4.69, 9.17) is 21.1 Å². The average Bonchev–Trinajstić information content (AvgIpc) is 2.85. The number of hydrogen-bond acceptors (Lipinski definition) is 5. The molecule has 1 heterocycles. The highest BCUT2D eigenvalue weighted by Gasteiger charge is 2.08. The van der Waals surface area contributed by atoms with Gasteiger partial charge in [-0.05, 0) is 19.1 Å². The topological polar surface area (TPSA) is 60.5 Å². The van der Waals surface area contributed by atoms with Crippen LogP contribution < -0.4 is 10.1 Å². The molecule has 5 nitrogen and oxygen atoms in total. The van der Waals surface area contributed by atoms with E-state index in [1.165, 1.54) is 11.3 Å². The van der Waals surface area contributed by atoms with Crippen LogP contribution in [0.3, 0.4) is 0 Å². The minimum atomic E-state index is -0.513. The number of ether oxygens (including phenoxy) is 2. The number of rotatable bonds is 5. The zero-order chi connectivity index (χ0) is 14.4. The molecule has 0 unspecified atom stereocenters. The van der Waals surface area contributed by atoms with Crippen LogP contribution in [0.15, 0.2) is 29.6 Å². The third kappa shape index (κ3) is 4.11. The van der Waals surface area contributed by atoms with Crippen molar-refractivity contribution in [2.75, 3.05) is 11.9 Å². The van der Waals surface area contributed by atoms with Crippen molar-refractivity contribution < 1.29 is 14.3 Å². The van der Waals surface area contributed by atoms with E-state index in [0.717, 1.165) is 0 Å². The number of para-hydroxylation sites is 1. The molecular weight excluding hydrogens is 300 g/mol. The smallest absolute Gasteiger partial charge is 0.413 e. The molecule has 106 valence electrons. The van der Waals surface area contributed by atoms with Crippen LogP contribution in [0.1, 0.15) is 12.6 Å².